The fourth-order valence-corrected chi connectivity index (χ4v) is 3.89. The molecule has 88 valence electrons. The molecule has 15 heavy (non-hydrogen) atoms. The van der Waals surface area contributed by atoms with E-state index in [1.165, 1.54) is 32.1 Å². The summed E-state index contributed by atoms with van der Waals surface area (Å²) in [7, 11) is 0. The van der Waals surface area contributed by atoms with Gasteiger partial charge in [-0.3, -0.25) is 0 Å². The Kier molecular flexibility index (Phi) is 3.97. The largest absolute Gasteiger partial charge is 0.392 e. The SMILES string of the molecule is CSC1(CNC2CCCC2O)CCCC1. The quantitative estimate of drug-likeness (QED) is 0.775. The summed E-state index contributed by atoms with van der Waals surface area (Å²) >= 11 is 2.02. The van der Waals surface area contributed by atoms with Crippen molar-refractivity contribution in [2.45, 2.75) is 61.8 Å². The molecule has 0 spiro atoms. The molecular weight excluding hydrogens is 206 g/mol. The number of rotatable bonds is 4. The van der Waals surface area contributed by atoms with Crippen molar-refractivity contribution in [2.24, 2.45) is 0 Å². The molecule has 0 radical (unpaired) electrons. The van der Waals surface area contributed by atoms with Crippen LogP contribution in [-0.2, 0) is 0 Å². The summed E-state index contributed by atoms with van der Waals surface area (Å²) in [5, 5.41) is 13.3. The van der Waals surface area contributed by atoms with Gasteiger partial charge in [-0.1, -0.05) is 12.8 Å². The maximum absolute atomic E-state index is 9.75. The molecule has 2 unspecified atom stereocenters. The number of hydrogen-bond donors (Lipinski definition) is 2. The smallest absolute Gasteiger partial charge is 0.0693 e. The molecule has 2 nitrogen and oxygen atoms in total. The van der Waals surface area contributed by atoms with Gasteiger partial charge in [-0.25, -0.2) is 0 Å². The Bertz CT molecular complexity index is 204. The third-order valence-corrected chi connectivity index (χ3v) is 5.53. The molecule has 0 heterocycles. The van der Waals surface area contributed by atoms with E-state index in [1.54, 1.807) is 0 Å². The van der Waals surface area contributed by atoms with Crippen LogP contribution in [0.5, 0.6) is 0 Å². The van der Waals surface area contributed by atoms with Gasteiger partial charge in [-0.15, -0.1) is 0 Å². The van der Waals surface area contributed by atoms with Gasteiger partial charge in [0, 0.05) is 17.3 Å². The van der Waals surface area contributed by atoms with Crippen LogP contribution in [0.2, 0.25) is 0 Å². The second-order valence-corrected chi connectivity index (χ2v) is 6.35. The Morgan fingerprint density at radius 2 is 2.00 bits per heavy atom. The Balaban J connectivity index is 1.80. The predicted octanol–water partition coefficient (Wildman–Crippen LogP) is 2.17. The lowest BCUT2D eigenvalue weighted by atomic mass is 10.1. The minimum absolute atomic E-state index is 0.0923. The monoisotopic (exact) mass is 229 g/mol. The number of aliphatic hydroxyl groups excluding tert-OH is 1. The van der Waals surface area contributed by atoms with E-state index in [2.05, 4.69) is 11.6 Å². The average molecular weight is 229 g/mol. The lowest BCUT2D eigenvalue weighted by Gasteiger charge is -2.29. The van der Waals surface area contributed by atoms with Gasteiger partial charge in [0.2, 0.25) is 0 Å². The predicted molar refractivity (Wildman–Crippen MR) is 66.4 cm³/mol. The minimum atomic E-state index is -0.0923. The first-order chi connectivity index (χ1) is 7.26. The van der Waals surface area contributed by atoms with Crippen molar-refractivity contribution in [3.8, 4) is 0 Å². The molecule has 2 atom stereocenters. The second kappa shape index (κ2) is 5.07. The minimum Gasteiger partial charge on any atom is -0.392 e. The summed E-state index contributed by atoms with van der Waals surface area (Å²) < 4.78 is 0.475. The Morgan fingerprint density at radius 3 is 2.53 bits per heavy atom. The van der Waals surface area contributed by atoms with Gasteiger partial charge in [0.05, 0.1) is 6.10 Å². The van der Waals surface area contributed by atoms with Crippen LogP contribution in [0.1, 0.15) is 44.9 Å². The zero-order valence-corrected chi connectivity index (χ0v) is 10.5. The van der Waals surface area contributed by atoms with Gasteiger partial charge in [0.25, 0.3) is 0 Å². The summed E-state index contributed by atoms with van der Waals surface area (Å²) in [4.78, 5) is 0. The molecule has 0 aromatic carbocycles. The molecule has 0 aliphatic heterocycles. The standard InChI is InChI=1S/C12H23NOS/c1-15-12(7-2-3-8-12)9-13-10-5-4-6-11(10)14/h10-11,13-14H,2-9H2,1H3. The third-order valence-electron chi connectivity index (χ3n) is 4.11. The van der Waals surface area contributed by atoms with Crippen LogP contribution in [0.15, 0.2) is 0 Å². The van der Waals surface area contributed by atoms with Crippen molar-refractivity contribution in [3.63, 3.8) is 0 Å². The number of nitrogens with one attached hydrogen (secondary N) is 1. The van der Waals surface area contributed by atoms with E-state index in [9.17, 15) is 5.11 Å². The van der Waals surface area contributed by atoms with Crippen LogP contribution < -0.4 is 5.32 Å². The summed E-state index contributed by atoms with van der Waals surface area (Å²) in [5.41, 5.74) is 0. The maximum atomic E-state index is 9.75. The van der Waals surface area contributed by atoms with Crippen LogP contribution in [0.4, 0.5) is 0 Å². The van der Waals surface area contributed by atoms with Crippen LogP contribution in [0.25, 0.3) is 0 Å². The van der Waals surface area contributed by atoms with Crippen LogP contribution in [0.3, 0.4) is 0 Å². The van der Waals surface area contributed by atoms with Gasteiger partial charge in [0.1, 0.15) is 0 Å². The highest BCUT2D eigenvalue weighted by Crippen LogP contribution is 2.39. The van der Waals surface area contributed by atoms with Crippen molar-refractivity contribution < 1.29 is 5.11 Å². The molecule has 0 amide bonds. The third kappa shape index (κ3) is 2.69. The Morgan fingerprint density at radius 1 is 1.27 bits per heavy atom. The van der Waals surface area contributed by atoms with E-state index >= 15 is 0 Å². The van der Waals surface area contributed by atoms with E-state index in [0.29, 0.717) is 10.8 Å². The van der Waals surface area contributed by atoms with Gasteiger partial charge in [-0.2, -0.15) is 11.8 Å². The normalized spacial score (nSPS) is 34.8. The molecule has 0 aromatic heterocycles. The first-order valence-corrected chi connectivity index (χ1v) is 7.45. The fraction of sp³-hybridized carbons (Fsp3) is 1.00. The highest BCUT2D eigenvalue weighted by atomic mass is 32.2. The van der Waals surface area contributed by atoms with Gasteiger partial charge >= 0.3 is 0 Å². The molecule has 0 aromatic rings. The Hall–Kier alpha value is 0.270. The van der Waals surface area contributed by atoms with Crippen molar-refractivity contribution in [1.29, 1.82) is 0 Å². The molecule has 0 saturated heterocycles. The molecular formula is C12H23NOS. The molecule has 2 fully saturated rings. The van der Waals surface area contributed by atoms with Crippen LogP contribution >= 0.6 is 11.8 Å². The van der Waals surface area contributed by atoms with Crippen molar-refractivity contribution in [3.05, 3.63) is 0 Å². The first-order valence-electron chi connectivity index (χ1n) is 6.22. The zero-order chi connectivity index (χ0) is 10.7. The first kappa shape index (κ1) is 11.7. The van der Waals surface area contributed by atoms with Crippen molar-refractivity contribution in [1.82, 2.24) is 5.32 Å². The molecule has 2 aliphatic rings. The summed E-state index contributed by atoms with van der Waals surface area (Å²) in [6, 6.07) is 0.370. The molecule has 2 rings (SSSR count). The van der Waals surface area contributed by atoms with Gasteiger partial charge < -0.3 is 10.4 Å². The summed E-state index contributed by atoms with van der Waals surface area (Å²) in [6.07, 6.45) is 10.9. The average Bonchev–Trinajstić information content (AvgIpc) is 2.85. The summed E-state index contributed by atoms with van der Waals surface area (Å²) in [6.45, 7) is 1.09. The molecule has 2 aliphatic carbocycles. The molecule has 3 heteroatoms. The molecule has 0 bridgehead atoms. The second-order valence-electron chi connectivity index (χ2n) is 5.08. The highest BCUT2D eigenvalue weighted by molar-refractivity contribution is 8.00. The zero-order valence-electron chi connectivity index (χ0n) is 9.67. The number of thioether (sulfide) groups is 1. The van der Waals surface area contributed by atoms with Gasteiger partial charge in [-0.05, 0) is 38.4 Å². The van der Waals surface area contributed by atoms with E-state index in [1.807, 2.05) is 11.8 Å². The highest BCUT2D eigenvalue weighted by Gasteiger charge is 2.34. The lowest BCUT2D eigenvalue weighted by Crippen LogP contribution is -2.43. The Labute approximate surface area is 97.2 Å². The lowest BCUT2D eigenvalue weighted by molar-refractivity contribution is 0.148. The fourth-order valence-electron chi connectivity index (χ4n) is 2.97. The molecule has 2 saturated carbocycles. The van der Waals surface area contributed by atoms with E-state index < -0.39 is 0 Å². The van der Waals surface area contributed by atoms with Crippen molar-refractivity contribution >= 4 is 11.8 Å². The van der Waals surface area contributed by atoms with E-state index in [0.717, 1.165) is 19.4 Å². The van der Waals surface area contributed by atoms with Crippen LogP contribution in [0, 0.1) is 0 Å². The van der Waals surface area contributed by atoms with Gasteiger partial charge in [0.15, 0.2) is 0 Å². The number of hydrogen-bond acceptors (Lipinski definition) is 3. The number of aliphatic hydroxyl groups is 1. The van der Waals surface area contributed by atoms with E-state index in [4.69, 9.17) is 0 Å². The van der Waals surface area contributed by atoms with Crippen molar-refractivity contribution in [2.75, 3.05) is 12.8 Å². The maximum Gasteiger partial charge on any atom is 0.0693 e. The van der Waals surface area contributed by atoms with Crippen LogP contribution in [-0.4, -0.2) is 34.8 Å². The topological polar surface area (TPSA) is 32.3 Å². The van der Waals surface area contributed by atoms with E-state index in [-0.39, 0.29) is 6.10 Å². The molecule has 2 N–H and O–H groups in total. The summed E-state index contributed by atoms with van der Waals surface area (Å²) in [5.74, 6) is 0.